The standard InChI is InChI=1S/C16H22N2/c1-3-5-6-9-13(4-2)16-17-12-14-10-7-8-11-15(14)18-16/h7-8,10-13H,3-6,9H2,1-2H3. The van der Waals surface area contributed by atoms with Gasteiger partial charge in [-0.05, 0) is 18.9 Å². The van der Waals surface area contributed by atoms with Gasteiger partial charge in [-0.2, -0.15) is 0 Å². The van der Waals surface area contributed by atoms with Crippen LogP contribution in [-0.4, -0.2) is 9.97 Å². The van der Waals surface area contributed by atoms with E-state index in [0.717, 1.165) is 23.1 Å². The highest BCUT2D eigenvalue weighted by molar-refractivity contribution is 5.77. The fourth-order valence-corrected chi connectivity index (χ4v) is 2.34. The first kappa shape index (κ1) is 13.0. The number of hydrogen-bond acceptors (Lipinski definition) is 2. The first-order valence-corrected chi connectivity index (χ1v) is 7.06. The van der Waals surface area contributed by atoms with E-state index in [-0.39, 0.29) is 0 Å². The molecule has 0 amide bonds. The summed E-state index contributed by atoms with van der Waals surface area (Å²) in [6, 6.07) is 8.21. The maximum atomic E-state index is 4.71. The lowest BCUT2D eigenvalue weighted by atomic mass is 9.97. The third kappa shape index (κ3) is 3.06. The second-order valence-corrected chi connectivity index (χ2v) is 4.89. The monoisotopic (exact) mass is 242 g/mol. The van der Waals surface area contributed by atoms with Crippen molar-refractivity contribution < 1.29 is 0 Å². The average molecular weight is 242 g/mol. The zero-order valence-corrected chi connectivity index (χ0v) is 11.4. The van der Waals surface area contributed by atoms with Gasteiger partial charge in [0.15, 0.2) is 0 Å². The zero-order chi connectivity index (χ0) is 12.8. The molecule has 0 spiro atoms. The van der Waals surface area contributed by atoms with Crippen molar-refractivity contribution in [1.82, 2.24) is 9.97 Å². The van der Waals surface area contributed by atoms with Crippen molar-refractivity contribution >= 4 is 10.9 Å². The van der Waals surface area contributed by atoms with Gasteiger partial charge in [0.25, 0.3) is 0 Å². The molecule has 96 valence electrons. The summed E-state index contributed by atoms with van der Waals surface area (Å²) in [7, 11) is 0. The van der Waals surface area contributed by atoms with Crippen LogP contribution in [0.25, 0.3) is 10.9 Å². The number of aromatic nitrogens is 2. The molecule has 0 aliphatic heterocycles. The first-order chi connectivity index (χ1) is 8.85. The second-order valence-electron chi connectivity index (χ2n) is 4.89. The summed E-state index contributed by atoms with van der Waals surface area (Å²) in [5.41, 5.74) is 1.07. The SMILES string of the molecule is CCCCCC(CC)c1ncc2ccccc2n1. The Morgan fingerprint density at radius 1 is 1.11 bits per heavy atom. The minimum Gasteiger partial charge on any atom is -0.240 e. The van der Waals surface area contributed by atoms with E-state index in [2.05, 4.69) is 31.0 Å². The summed E-state index contributed by atoms with van der Waals surface area (Å²) >= 11 is 0. The molecule has 1 atom stereocenters. The average Bonchev–Trinajstić information content (AvgIpc) is 2.43. The van der Waals surface area contributed by atoms with Gasteiger partial charge in [0, 0.05) is 17.5 Å². The Balaban J connectivity index is 2.17. The van der Waals surface area contributed by atoms with Crippen molar-refractivity contribution in [2.75, 3.05) is 0 Å². The molecule has 0 saturated carbocycles. The van der Waals surface area contributed by atoms with Gasteiger partial charge in [0.2, 0.25) is 0 Å². The Kier molecular flexibility index (Phi) is 4.68. The molecule has 0 radical (unpaired) electrons. The summed E-state index contributed by atoms with van der Waals surface area (Å²) in [5.74, 6) is 1.54. The molecule has 0 aliphatic rings. The molecule has 0 fully saturated rings. The normalized spacial score (nSPS) is 12.8. The third-order valence-electron chi connectivity index (χ3n) is 3.52. The Hall–Kier alpha value is -1.44. The molecule has 2 nitrogen and oxygen atoms in total. The van der Waals surface area contributed by atoms with E-state index < -0.39 is 0 Å². The van der Waals surface area contributed by atoms with Gasteiger partial charge < -0.3 is 0 Å². The number of hydrogen-bond donors (Lipinski definition) is 0. The predicted octanol–water partition coefficient (Wildman–Crippen LogP) is 4.70. The maximum absolute atomic E-state index is 4.71. The van der Waals surface area contributed by atoms with Crippen LogP contribution in [0.3, 0.4) is 0 Å². The largest absolute Gasteiger partial charge is 0.240 e. The highest BCUT2D eigenvalue weighted by Crippen LogP contribution is 2.24. The lowest BCUT2D eigenvalue weighted by Gasteiger charge is -2.13. The minimum absolute atomic E-state index is 0.515. The van der Waals surface area contributed by atoms with Crippen molar-refractivity contribution in [2.45, 2.75) is 51.9 Å². The van der Waals surface area contributed by atoms with Crippen LogP contribution in [-0.2, 0) is 0 Å². The molecule has 1 aromatic carbocycles. The van der Waals surface area contributed by atoms with Crippen LogP contribution in [0.5, 0.6) is 0 Å². The molecular weight excluding hydrogens is 220 g/mol. The number of para-hydroxylation sites is 1. The summed E-state index contributed by atoms with van der Waals surface area (Å²) in [6.45, 7) is 4.47. The number of rotatable bonds is 6. The highest BCUT2D eigenvalue weighted by Gasteiger charge is 2.12. The van der Waals surface area contributed by atoms with Gasteiger partial charge in [-0.15, -0.1) is 0 Å². The fraction of sp³-hybridized carbons (Fsp3) is 0.500. The summed E-state index contributed by atoms with van der Waals surface area (Å²) < 4.78 is 0. The molecule has 0 N–H and O–H groups in total. The van der Waals surface area contributed by atoms with E-state index in [9.17, 15) is 0 Å². The van der Waals surface area contributed by atoms with Gasteiger partial charge in [-0.3, -0.25) is 0 Å². The summed E-state index contributed by atoms with van der Waals surface area (Å²) in [4.78, 5) is 9.26. The summed E-state index contributed by atoms with van der Waals surface area (Å²) in [5, 5.41) is 1.13. The zero-order valence-electron chi connectivity index (χ0n) is 11.4. The molecule has 18 heavy (non-hydrogen) atoms. The van der Waals surface area contributed by atoms with Crippen molar-refractivity contribution in [3.8, 4) is 0 Å². The van der Waals surface area contributed by atoms with E-state index in [4.69, 9.17) is 4.98 Å². The lowest BCUT2D eigenvalue weighted by Crippen LogP contribution is -2.03. The Morgan fingerprint density at radius 3 is 2.72 bits per heavy atom. The van der Waals surface area contributed by atoms with Crippen molar-refractivity contribution in [3.05, 3.63) is 36.3 Å². The fourth-order valence-electron chi connectivity index (χ4n) is 2.34. The predicted molar refractivity (Wildman–Crippen MR) is 76.7 cm³/mol. The van der Waals surface area contributed by atoms with Crippen LogP contribution in [0.2, 0.25) is 0 Å². The minimum atomic E-state index is 0.515. The van der Waals surface area contributed by atoms with Gasteiger partial charge in [-0.1, -0.05) is 51.3 Å². The van der Waals surface area contributed by atoms with E-state index in [1.54, 1.807) is 0 Å². The lowest BCUT2D eigenvalue weighted by molar-refractivity contribution is 0.532. The Morgan fingerprint density at radius 2 is 1.94 bits per heavy atom. The molecular formula is C16H22N2. The van der Waals surface area contributed by atoms with Gasteiger partial charge in [0.1, 0.15) is 5.82 Å². The molecule has 0 bridgehead atoms. The van der Waals surface area contributed by atoms with Gasteiger partial charge in [0.05, 0.1) is 5.52 Å². The highest BCUT2D eigenvalue weighted by atomic mass is 14.9. The van der Waals surface area contributed by atoms with E-state index >= 15 is 0 Å². The van der Waals surface area contributed by atoms with Crippen molar-refractivity contribution in [3.63, 3.8) is 0 Å². The quantitative estimate of drug-likeness (QED) is 0.686. The molecule has 1 aromatic heterocycles. The summed E-state index contributed by atoms with van der Waals surface area (Å²) in [6.07, 6.45) is 8.16. The van der Waals surface area contributed by atoms with E-state index in [1.165, 1.54) is 25.7 Å². The van der Waals surface area contributed by atoms with Crippen LogP contribution >= 0.6 is 0 Å². The smallest absolute Gasteiger partial charge is 0.132 e. The third-order valence-corrected chi connectivity index (χ3v) is 3.52. The van der Waals surface area contributed by atoms with Crippen LogP contribution < -0.4 is 0 Å². The second kappa shape index (κ2) is 6.48. The molecule has 1 unspecified atom stereocenters. The molecule has 2 aromatic rings. The van der Waals surface area contributed by atoms with Gasteiger partial charge >= 0.3 is 0 Å². The van der Waals surface area contributed by atoms with Crippen molar-refractivity contribution in [2.24, 2.45) is 0 Å². The van der Waals surface area contributed by atoms with Crippen LogP contribution in [0.4, 0.5) is 0 Å². The van der Waals surface area contributed by atoms with E-state index in [1.807, 2.05) is 18.3 Å². The van der Waals surface area contributed by atoms with Crippen LogP contribution in [0, 0.1) is 0 Å². The van der Waals surface area contributed by atoms with Crippen molar-refractivity contribution in [1.29, 1.82) is 0 Å². The Bertz CT molecular complexity index is 493. The molecule has 2 heteroatoms. The van der Waals surface area contributed by atoms with Crippen LogP contribution in [0.15, 0.2) is 30.5 Å². The molecule has 0 saturated heterocycles. The number of fused-ring (bicyclic) bond motifs is 1. The first-order valence-electron chi connectivity index (χ1n) is 7.06. The topological polar surface area (TPSA) is 25.8 Å². The van der Waals surface area contributed by atoms with E-state index in [0.29, 0.717) is 5.92 Å². The molecule has 1 heterocycles. The number of nitrogens with zero attached hydrogens (tertiary/aromatic N) is 2. The molecule has 2 rings (SSSR count). The number of benzene rings is 1. The number of unbranched alkanes of at least 4 members (excludes halogenated alkanes) is 2. The van der Waals surface area contributed by atoms with Crippen LogP contribution in [0.1, 0.15) is 57.7 Å². The Labute approximate surface area is 109 Å². The molecule has 0 aliphatic carbocycles. The maximum Gasteiger partial charge on any atom is 0.132 e. The van der Waals surface area contributed by atoms with Gasteiger partial charge in [-0.25, -0.2) is 9.97 Å².